The van der Waals surface area contributed by atoms with E-state index >= 15 is 0 Å². The molecule has 3 rings (SSSR count). The van der Waals surface area contributed by atoms with Gasteiger partial charge in [-0.05, 0) is 55.1 Å². The number of ether oxygens (including phenoxy) is 1. The zero-order valence-electron chi connectivity index (χ0n) is 19.3. The summed E-state index contributed by atoms with van der Waals surface area (Å²) in [5.74, 6) is 0.115. The molecule has 0 spiro atoms. The fourth-order valence-electron chi connectivity index (χ4n) is 3.11. The second-order valence-electron chi connectivity index (χ2n) is 7.42. The summed E-state index contributed by atoms with van der Waals surface area (Å²) >= 11 is 1.34. The Balaban J connectivity index is 1.49. The zero-order chi connectivity index (χ0) is 24.5. The van der Waals surface area contributed by atoms with Crippen LogP contribution in [-0.2, 0) is 14.4 Å². The molecule has 1 aromatic heterocycles. The molecule has 9 nitrogen and oxygen atoms in total. The first-order valence-corrected chi connectivity index (χ1v) is 11.5. The number of rotatable bonds is 10. The van der Waals surface area contributed by atoms with Crippen molar-refractivity contribution in [3.8, 4) is 17.0 Å². The molecule has 34 heavy (non-hydrogen) atoms. The lowest BCUT2D eigenvalue weighted by Gasteiger charge is -2.19. The van der Waals surface area contributed by atoms with Gasteiger partial charge in [0.25, 0.3) is 0 Å². The maximum absolute atomic E-state index is 12.5. The average Bonchev–Trinajstić information content (AvgIpc) is 3.27. The van der Waals surface area contributed by atoms with Gasteiger partial charge in [0.1, 0.15) is 5.75 Å². The van der Waals surface area contributed by atoms with Gasteiger partial charge in [0, 0.05) is 29.2 Å². The summed E-state index contributed by atoms with van der Waals surface area (Å²) in [4.78, 5) is 42.2. The van der Waals surface area contributed by atoms with E-state index in [-0.39, 0.29) is 30.8 Å². The Labute approximate surface area is 202 Å². The van der Waals surface area contributed by atoms with E-state index in [1.165, 1.54) is 18.3 Å². The molecule has 0 bridgehead atoms. The fraction of sp³-hybridized carbons (Fsp3) is 0.250. The standard InChI is InChI=1S/C24H27N5O4S/c1-4-29(13-22(31)26-19-9-7-18(8-10-19)25-16(2)30)14-23(32)28-24-27-21(15-34-24)17-5-11-20(33-3)12-6-17/h5-12,15H,4,13-14H2,1-3H3,(H,25,30)(H,26,31)(H,27,28,32). The van der Waals surface area contributed by atoms with Crippen molar-refractivity contribution in [2.75, 3.05) is 42.7 Å². The third-order valence-electron chi connectivity index (χ3n) is 4.81. The summed E-state index contributed by atoms with van der Waals surface area (Å²) < 4.78 is 5.17. The molecule has 0 unspecified atom stereocenters. The monoisotopic (exact) mass is 481 g/mol. The topological polar surface area (TPSA) is 113 Å². The molecule has 0 aliphatic rings. The smallest absolute Gasteiger partial charge is 0.240 e. The van der Waals surface area contributed by atoms with E-state index in [4.69, 9.17) is 4.74 Å². The van der Waals surface area contributed by atoms with Gasteiger partial charge >= 0.3 is 0 Å². The quantitative estimate of drug-likeness (QED) is 0.407. The lowest BCUT2D eigenvalue weighted by Crippen LogP contribution is -2.38. The highest BCUT2D eigenvalue weighted by atomic mass is 32.1. The van der Waals surface area contributed by atoms with Crippen LogP contribution in [0, 0.1) is 0 Å². The zero-order valence-corrected chi connectivity index (χ0v) is 20.1. The molecule has 0 fully saturated rings. The molecular weight excluding hydrogens is 454 g/mol. The number of nitrogens with zero attached hydrogens (tertiary/aromatic N) is 2. The highest BCUT2D eigenvalue weighted by Gasteiger charge is 2.15. The molecular formula is C24H27N5O4S. The number of benzene rings is 2. The Morgan fingerprint density at radius 1 is 0.912 bits per heavy atom. The molecule has 10 heteroatoms. The number of methoxy groups -OCH3 is 1. The van der Waals surface area contributed by atoms with E-state index in [1.807, 2.05) is 36.6 Å². The van der Waals surface area contributed by atoms with Crippen LogP contribution in [0.4, 0.5) is 16.5 Å². The van der Waals surface area contributed by atoms with Crippen molar-refractivity contribution in [2.45, 2.75) is 13.8 Å². The van der Waals surface area contributed by atoms with Crippen molar-refractivity contribution < 1.29 is 19.1 Å². The summed E-state index contributed by atoms with van der Waals surface area (Å²) in [6, 6.07) is 14.3. The van der Waals surface area contributed by atoms with Gasteiger partial charge in [0.2, 0.25) is 17.7 Å². The molecule has 0 saturated heterocycles. The number of nitrogens with one attached hydrogen (secondary N) is 3. The van der Waals surface area contributed by atoms with Crippen molar-refractivity contribution in [1.82, 2.24) is 9.88 Å². The maximum atomic E-state index is 12.5. The van der Waals surface area contributed by atoms with E-state index in [9.17, 15) is 14.4 Å². The molecule has 0 aliphatic heterocycles. The number of likely N-dealkylation sites (N-methyl/N-ethyl adjacent to an activating group) is 1. The Kier molecular flexibility index (Phi) is 8.72. The molecule has 3 aromatic rings. The van der Waals surface area contributed by atoms with E-state index in [0.717, 1.165) is 17.0 Å². The Morgan fingerprint density at radius 2 is 1.50 bits per heavy atom. The van der Waals surface area contributed by atoms with Gasteiger partial charge in [-0.15, -0.1) is 11.3 Å². The van der Waals surface area contributed by atoms with Crippen LogP contribution >= 0.6 is 11.3 Å². The molecule has 0 atom stereocenters. The number of carbonyl (C=O) groups excluding carboxylic acids is 3. The number of aromatic nitrogens is 1. The van der Waals surface area contributed by atoms with Crippen LogP contribution in [0.1, 0.15) is 13.8 Å². The molecule has 3 amide bonds. The van der Waals surface area contributed by atoms with Gasteiger partial charge in [0.05, 0.1) is 25.9 Å². The van der Waals surface area contributed by atoms with Crippen molar-refractivity contribution in [1.29, 1.82) is 0 Å². The van der Waals surface area contributed by atoms with E-state index < -0.39 is 0 Å². The second-order valence-corrected chi connectivity index (χ2v) is 8.28. The lowest BCUT2D eigenvalue weighted by molar-refractivity contribution is -0.120. The van der Waals surface area contributed by atoms with Crippen LogP contribution in [0.2, 0.25) is 0 Å². The van der Waals surface area contributed by atoms with Gasteiger partial charge in [-0.25, -0.2) is 4.98 Å². The number of hydrogen-bond donors (Lipinski definition) is 3. The first-order chi connectivity index (χ1) is 16.4. The Morgan fingerprint density at radius 3 is 2.06 bits per heavy atom. The highest BCUT2D eigenvalue weighted by molar-refractivity contribution is 7.14. The minimum Gasteiger partial charge on any atom is -0.497 e. The minimum absolute atomic E-state index is 0.0584. The lowest BCUT2D eigenvalue weighted by atomic mass is 10.2. The van der Waals surface area contributed by atoms with Gasteiger partial charge in [0.15, 0.2) is 5.13 Å². The number of anilines is 3. The van der Waals surface area contributed by atoms with Crippen molar-refractivity contribution in [2.24, 2.45) is 0 Å². The number of carbonyl (C=O) groups is 3. The van der Waals surface area contributed by atoms with Gasteiger partial charge in [-0.2, -0.15) is 0 Å². The minimum atomic E-state index is -0.245. The van der Waals surface area contributed by atoms with Crippen LogP contribution in [0.5, 0.6) is 5.75 Å². The van der Waals surface area contributed by atoms with E-state index in [0.29, 0.717) is 23.1 Å². The third kappa shape index (κ3) is 7.39. The SMILES string of the molecule is CCN(CC(=O)Nc1ccc(NC(C)=O)cc1)CC(=O)Nc1nc(-c2ccc(OC)cc2)cs1. The summed E-state index contributed by atoms with van der Waals surface area (Å²) in [7, 11) is 1.61. The van der Waals surface area contributed by atoms with Gasteiger partial charge < -0.3 is 20.7 Å². The summed E-state index contributed by atoms with van der Waals surface area (Å²) in [6.45, 7) is 3.96. The largest absolute Gasteiger partial charge is 0.497 e. The normalized spacial score (nSPS) is 10.6. The average molecular weight is 482 g/mol. The molecule has 0 radical (unpaired) electrons. The Bertz CT molecular complexity index is 1130. The Hall–Kier alpha value is -3.76. The van der Waals surface area contributed by atoms with Gasteiger partial charge in [-0.3, -0.25) is 19.3 Å². The first kappa shape index (κ1) is 24.9. The summed E-state index contributed by atoms with van der Waals surface area (Å²) in [6.07, 6.45) is 0. The highest BCUT2D eigenvalue weighted by Crippen LogP contribution is 2.26. The number of thiazole rings is 1. The van der Waals surface area contributed by atoms with Crippen LogP contribution < -0.4 is 20.7 Å². The van der Waals surface area contributed by atoms with Crippen LogP contribution in [0.3, 0.4) is 0 Å². The molecule has 3 N–H and O–H groups in total. The summed E-state index contributed by atoms with van der Waals surface area (Å²) in [5.41, 5.74) is 2.94. The van der Waals surface area contributed by atoms with E-state index in [1.54, 1.807) is 36.3 Å². The third-order valence-corrected chi connectivity index (χ3v) is 5.56. The van der Waals surface area contributed by atoms with Crippen LogP contribution in [0.15, 0.2) is 53.9 Å². The van der Waals surface area contributed by atoms with Crippen LogP contribution in [0.25, 0.3) is 11.3 Å². The van der Waals surface area contributed by atoms with Crippen molar-refractivity contribution >= 4 is 45.6 Å². The molecule has 2 aromatic carbocycles. The fourth-order valence-corrected chi connectivity index (χ4v) is 3.85. The van der Waals surface area contributed by atoms with Crippen molar-refractivity contribution in [3.05, 3.63) is 53.9 Å². The second kappa shape index (κ2) is 11.9. The molecule has 0 aliphatic carbocycles. The van der Waals surface area contributed by atoms with E-state index in [2.05, 4.69) is 20.9 Å². The molecule has 178 valence electrons. The first-order valence-electron chi connectivity index (χ1n) is 10.7. The predicted octanol–water partition coefficient (Wildman–Crippen LogP) is 3.68. The molecule has 0 saturated carbocycles. The molecule has 1 heterocycles. The maximum Gasteiger partial charge on any atom is 0.240 e. The van der Waals surface area contributed by atoms with Crippen LogP contribution in [-0.4, -0.2) is 54.3 Å². The summed E-state index contributed by atoms with van der Waals surface area (Å²) in [5, 5.41) is 10.6. The number of amides is 3. The van der Waals surface area contributed by atoms with Crippen molar-refractivity contribution in [3.63, 3.8) is 0 Å². The predicted molar refractivity (Wildman–Crippen MR) is 134 cm³/mol. The van der Waals surface area contributed by atoms with Gasteiger partial charge in [-0.1, -0.05) is 6.92 Å². The number of hydrogen-bond acceptors (Lipinski definition) is 7.